The Balaban J connectivity index is 1.46. The van der Waals surface area contributed by atoms with E-state index in [9.17, 15) is 4.79 Å². The minimum absolute atomic E-state index is 0.0392. The summed E-state index contributed by atoms with van der Waals surface area (Å²) >= 11 is 3.38. The first-order valence-corrected chi connectivity index (χ1v) is 7.79. The van der Waals surface area contributed by atoms with Gasteiger partial charge < -0.3 is 10.2 Å². The van der Waals surface area contributed by atoms with Crippen molar-refractivity contribution in [1.29, 1.82) is 0 Å². The molecule has 19 heavy (non-hydrogen) atoms. The molecule has 1 N–H and O–H groups in total. The Labute approximate surface area is 122 Å². The van der Waals surface area contributed by atoms with Crippen LogP contribution in [0.3, 0.4) is 0 Å². The summed E-state index contributed by atoms with van der Waals surface area (Å²) in [5.74, 6) is 0.664. The minimum atomic E-state index is 0.0392. The van der Waals surface area contributed by atoms with Crippen LogP contribution < -0.4 is 5.32 Å². The first-order valence-electron chi connectivity index (χ1n) is 7.00. The predicted molar refractivity (Wildman–Crippen MR) is 79.2 cm³/mol. The van der Waals surface area contributed by atoms with Gasteiger partial charge in [-0.2, -0.15) is 0 Å². The predicted octanol–water partition coefficient (Wildman–Crippen LogP) is 2.66. The third-order valence-electron chi connectivity index (χ3n) is 4.04. The number of hydrogen-bond donors (Lipinski definition) is 1. The largest absolute Gasteiger partial charge is 0.352 e. The molecule has 1 unspecified atom stereocenters. The number of hydrogen-bond acceptors (Lipinski definition) is 2. The number of nitrogens with one attached hydrogen (secondary N) is 1. The highest BCUT2D eigenvalue weighted by molar-refractivity contribution is 9.10. The van der Waals surface area contributed by atoms with Crippen molar-refractivity contribution in [1.82, 2.24) is 10.2 Å². The van der Waals surface area contributed by atoms with Crippen LogP contribution in [-0.2, 0) is 0 Å². The lowest BCUT2D eigenvalue weighted by Crippen LogP contribution is -2.31. The normalized spacial score (nSPS) is 23.5. The molecular formula is C15H19BrN2O. The summed E-state index contributed by atoms with van der Waals surface area (Å²) in [7, 11) is 0. The summed E-state index contributed by atoms with van der Waals surface area (Å²) in [5, 5.41) is 3.06. The van der Waals surface area contributed by atoms with Crippen molar-refractivity contribution < 1.29 is 4.79 Å². The van der Waals surface area contributed by atoms with E-state index in [1.807, 2.05) is 24.3 Å². The van der Waals surface area contributed by atoms with Gasteiger partial charge in [0.05, 0.1) is 0 Å². The molecule has 102 valence electrons. The molecule has 1 aliphatic carbocycles. The summed E-state index contributed by atoms with van der Waals surface area (Å²) in [6.45, 7) is 3.17. The van der Waals surface area contributed by atoms with E-state index < -0.39 is 0 Å². The summed E-state index contributed by atoms with van der Waals surface area (Å²) < 4.78 is 1.000. The summed E-state index contributed by atoms with van der Waals surface area (Å²) in [4.78, 5) is 14.6. The van der Waals surface area contributed by atoms with Crippen molar-refractivity contribution in [2.24, 2.45) is 5.92 Å². The molecule has 2 fully saturated rings. The molecule has 1 heterocycles. The van der Waals surface area contributed by atoms with Crippen molar-refractivity contribution in [3.05, 3.63) is 34.3 Å². The molecule has 0 spiro atoms. The Morgan fingerprint density at radius 2 is 2.00 bits per heavy atom. The second-order valence-corrected chi connectivity index (χ2v) is 6.51. The van der Waals surface area contributed by atoms with E-state index in [-0.39, 0.29) is 5.91 Å². The zero-order valence-corrected chi connectivity index (χ0v) is 12.5. The van der Waals surface area contributed by atoms with Crippen molar-refractivity contribution in [3.8, 4) is 0 Å². The zero-order valence-electron chi connectivity index (χ0n) is 10.9. The van der Waals surface area contributed by atoms with Crippen LogP contribution in [0.15, 0.2) is 28.7 Å². The Kier molecular flexibility index (Phi) is 3.89. The number of rotatable bonds is 4. The highest BCUT2D eigenvalue weighted by atomic mass is 79.9. The lowest BCUT2D eigenvalue weighted by Gasteiger charge is -2.15. The van der Waals surface area contributed by atoms with Gasteiger partial charge in [0.25, 0.3) is 5.91 Å². The van der Waals surface area contributed by atoms with Crippen molar-refractivity contribution in [2.45, 2.75) is 25.3 Å². The molecule has 1 atom stereocenters. The monoisotopic (exact) mass is 322 g/mol. The smallest absolute Gasteiger partial charge is 0.251 e. The molecular weight excluding hydrogens is 304 g/mol. The molecule has 1 aromatic rings. The zero-order chi connectivity index (χ0) is 13.2. The third kappa shape index (κ3) is 3.37. The number of benzene rings is 1. The fourth-order valence-corrected chi connectivity index (χ4v) is 3.01. The van der Waals surface area contributed by atoms with Crippen LogP contribution in [0.4, 0.5) is 0 Å². The summed E-state index contributed by atoms with van der Waals surface area (Å²) in [6, 6.07) is 8.36. The van der Waals surface area contributed by atoms with Gasteiger partial charge in [0, 0.05) is 29.2 Å². The number of nitrogens with zero attached hydrogens (tertiary/aromatic N) is 1. The molecule has 1 aromatic carbocycles. The standard InChI is InChI=1S/C15H19BrN2O/c16-13-3-1-12(2-4-13)15(19)17-9-11-7-8-18(10-11)14-5-6-14/h1-4,11,14H,5-10H2,(H,17,19). The van der Waals surface area contributed by atoms with Gasteiger partial charge in [0.15, 0.2) is 0 Å². The van der Waals surface area contributed by atoms with Gasteiger partial charge in [-0.1, -0.05) is 15.9 Å². The maximum absolute atomic E-state index is 12.0. The van der Waals surface area contributed by atoms with Gasteiger partial charge in [-0.05, 0) is 56.0 Å². The number of likely N-dealkylation sites (tertiary alicyclic amines) is 1. The van der Waals surface area contributed by atoms with E-state index in [0.29, 0.717) is 5.92 Å². The Bertz CT molecular complexity index is 456. The quantitative estimate of drug-likeness (QED) is 0.924. The van der Waals surface area contributed by atoms with Crippen LogP contribution >= 0.6 is 15.9 Å². The minimum Gasteiger partial charge on any atom is -0.352 e. The SMILES string of the molecule is O=C(NCC1CCN(C2CC2)C1)c1ccc(Br)cc1. The van der Waals surface area contributed by atoms with E-state index in [1.54, 1.807) is 0 Å². The van der Waals surface area contributed by atoms with E-state index in [4.69, 9.17) is 0 Å². The van der Waals surface area contributed by atoms with Gasteiger partial charge in [-0.25, -0.2) is 0 Å². The molecule has 1 saturated carbocycles. The van der Waals surface area contributed by atoms with Crippen molar-refractivity contribution in [2.75, 3.05) is 19.6 Å². The second kappa shape index (κ2) is 5.63. The number of amides is 1. The average molecular weight is 323 g/mol. The second-order valence-electron chi connectivity index (χ2n) is 5.60. The van der Waals surface area contributed by atoms with Gasteiger partial charge in [0.1, 0.15) is 0 Å². The Morgan fingerprint density at radius 3 is 2.68 bits per heavy atom. The summed E-state index contributed by atoms with van der Waals surface area (Å²) in [6.07, 6.45) is 3.97. The van der Waals surface area contributed by atoms with E-state index in [2.05, 4.69) is 26.1 Å². The van der Waals surface area contributed by atoms with Crippen LogP contribution in [0.5, 0.6) is 0 Å². The van der Waals surface area contributed by atoms with Gasteiger partial charge in [-0.15, -0.1) is 0 Å². The average Bonchev–Trinajstić information content (AvgIpc) is 3.16. The maximum Gasteiger partial charge on any atom is 0.251 e. The summed E-state index contributed by atoms with van der Waals surface area (Å²) in [5.41, 5.74) is 0.736. The fraction of sp³-hybridized carbons (Fsp3) is 0.533. The molecule has 2 aliphatic rings. The van der Waals surface area contributed by atoms with Crippen LogP contribution in [-0.4, -0.2) is 36.5 Å². The molecule has 1 amide bonds. The molecule has 0 aromatic heterocycles. The molecule has 1 saturated heterocycles. The van der Waals surface area contributed by atoms with E-state index >= 15 is 0 Å². The Morgan fingerprint density at radius 1 is 1.26 bits per heavy atom. The number of carbonyl (C=O) groups is 1. The number of carbonyl (C=O) groups excluding carboxylic acids is 1. The molecule has 1 aliphatic heterocycles. The van der Waals surface area contributed by atoms with Crippen LogP contribution in [0, 0.1) is 5.92 Å². The fourth-order valence-electron chi connectivity index (χ4n) is 2.74. The molecule has 4 heteroatoms. The molecule has 3 rings (SSSR count). The third-order valence-corrected chi connectivity index (χ3v) is 4.57. The topological polar surface area (TPSA) is 32.3 Å². The van der Waals surface area contributed by atoms with E-state index in [0.717, 1.165) is 29.2 Å². The number of halogens is 1. The van der Waals surface area contributed by atoms with Crippen LogP contribution in [0.25, 0.3) is 0 Å². The Hall–Kier alpha value is -0.870. The highest BCUT2D eigenvalue weighted by Crippen LogP contribution is 2.31. The van der Waals surface area contributed by atoms with Gasteiger partial charge in [0.2, 0.25) is 0 Å². The van der Waals surface area contributed by atoms with E-state index in [1.165, 1.54) is 25.8 Å². The molecule has 3 nitrogen and oxygen atoms in total. The highest BCUT2D eigenvalue weighted by Gasteiger charge is 2.34. The van der Waals surface area contributed by atoms with Crippen molar-refractivity contribution >= 4 is 21.8 Å². The van der Waals surface area contributed by atoms with Gasteiger partial charge in [-0.3, -0.25) is 4.79 Å². The lowest BCUT2D eigenvalue weighted by atomic mass is 10.1. The van der Waals surface area contributed by atoms with Crippen molar-refractivity contribution in [3.63, 3.8) is 0 Å². The molecule has 0 radical (unpaired) electrons. The maximum atomic E-state index is 12.0. The first-order chi connectivity index (χ1) is 9.22. The molecule has 0 bridgehead atoms. The van der Waals surface area contributed by atoms with Crippen LogP contribution in [0.2, 0.25) is 0 Å². The van der Waals surface area contributed by atoms with Gasteiger partial charge >= 0.3 is 0 Å². The lowest BCUT2D eigenvalue weighted by molar-refractivity contribution is 0.0947. The first kappa shape index (κ1) is 13.1. The van der Waals surface area contributed by atoms with Crippen LogP contribution in [0.1, 0.15) is 29.6 Å².